The second-order valence-electron chi connectivity index (χ2n) is 3.75. The molecule has 2 rings (SSSR count). The highest BCUT2D eigenvalue weighted by Gasteiger charge is 2.04. The third-order valence-corrected chi connectivity index (χ3v) is 3.89. The standard InChI is InChI=1S/C13H10BrF2NS/c14-9-3-8(4-11(16)5-9)7-18-13-6-10(15)1-2-12(13)17/h1-6H,7,17H2. The first-order valence-electron chi connectivity index (χ1n) is 5.17. The fraction of sp³-hybridized carbons (Fsp3) is 0.0769. The Balaban J connectivity index is 2.13. The van der Waals surface area contributed by atoms with Gasteiger partial charge >= 0.3 is 0 Å². The van der Waals surface area contributed by atoms with Crippen LogP contribution in [0.15, 0.2) is 45.8 Å². The summed E-state index contributed by atoms with van der Waals surface area (Å²) in [6.07, 6.45) is 0. The van der Waals surface area contributed by atoms with Crippen LogP contribution in [0.25, 0.3) is 0 Å². The van der Waals surface area contributed by atoms with Gasteiger partial charge in [-0.25, -0.2) is 8.78 Å². The lowest BCUT2D eigenvalue weighted by Crippen LogP contribution is -1.90. The van der Waals surface area contributed by atoms with Crippen LogP contribution in [0.3, 0.4) is 0 Å². The van der Waals surface area contributed by atoms with E-state index in [1.165, 1.54) is 42.1 Å². The summed E-state index contributed by atoms with van der Waals surface area (Å²) in [7, 11) is 0. The molecular weight excluding hydrogens is 320 g/mol. The SMILES string of the molecule is Nc1ccc(F)cc1SCc1cc(F)cc(Br)c1. The third-order valence-electron chi connectivity index (χ3n) is 2.29. The number of nitrogens with two attached hydrogens (primary N) is 1. The lowest BCUT2D eigenvalue weighted by Gasteiger charge is -2.06. The van der Waals surface area contributed by atoms with Gasteiger partial charge in [0.15, 0.2) is 0 Å². The van der Waals surface area contributed by atoms with Gasteiger partial charge in [0.2, 0.25) is 0 Å². The average molecular weight is 330 g/mol. The zero-order valence-electron chi connectivity index (χ0n) is 9.29. The molecule has 0 unspecified atom stereocenters. The van der Waals surface area contributed by atoms with E-state index in [1.807, 2.05) is 6.07 Å². The Hall–Kier alpha value is -1.07. The summed E-state index contributed by atoms with van der Waals surface area (Å²) < 4.78 is 26.9. The fourth-order valence-electron chi connectivity index (χ4n) is 1.49. The Kier molecular flexibility index (Phi) is 4.24. The van der Waals surface area contributed by atoms with Crippen LogP contribution in [0.2, 0.25) is 0 Å². The summed E-state index contributed by atoms with van der Waals surface area (Å²) in [4.78, 5) is 0.662. The van der Waals surface area contributed by atoms with E-state index in [1.54, 1.807) is 0 Å². The highest BCUT2D eigenvalue weighted by Crippen LogP contribution is 2.29. The Labute approximate surface area is 117 Å². The highest BCUT2D eigenvalue weighted by molar-refractivity contribution is 9.10. The number of anilines is 1. The van der Waals surface area contributed by atoms with Crippen LogP contribution in [-0.4, -0.2) is 0 Å². The number of benzene rings is 2. The molecule has 0 atom stereocenters. The van der Waals surface area contributed by atoms with E-state index in [-0.39, 0.29) is 11.6 Å². The third kappa shape index (κ3) is 3.46. The molecule has 0 heterocycles. The monoisotopic (exact) mass is 329 g/mol. The number of hydrogen-bond donors (Lipinski definition) is 1. The quantitative estimate of drug-likeness (QED) is 0.657. The van der Waals surface area contributed by atoms with Crippen molar-refractivity contribution in [1.82, 2.24) is 0 Å². The summed E-state index contributed by atoms with van der Waals surface area (Å²) in [6, 6.07) is 8.90. The van der Waals surface area contributed by atoms with E-state index in [4.69, 9.17) is 5.73 Å². The second kappa shape index (κ2) is 5.71. The van der Waals surface area contributed by atoms with Gasteiger partial charge in [0, 0.05) is 20.8 Å². The largest absolute Gasteiger partial charge is 0.398 e. The van der Waals surface area contributed by atoms with Crippen molar-refractivity contribution in [2.45, 2.75) is 10.6 Å². The van der Waals surface area contributed by atoms with Crippen molar-refractivity contribution in [3.63, 3.8) is 0 Å². The number of halogens is 3. The van der Waals surface area contributed by atoms with Gasteiger partial charge in [-0.1, -0.05) is 15.9 Å². The maximum Gasteiger partial charge on any atom is 0.124 e. The van der Waals surface area contributed by atoms with Crippen LogP contribution >= 0.6 is 27.7 Å². The van der Waals surface area contributed by atoms with Crippen LogP contribution in [0.5, 0.6) is 0 Å². The summed E-state index contributed by atoms with van der Waals surface area (Å²) in [5.74, 6) is -0.0939. The van der Waals surface area contributed by atoms with Crippen LogP contribution in [0.4, 0.5) is 14.5 Å². The normalized spacial score (nSPS) is 10.6. The van der Waals surface area contributed by atoms with Crippen molar-refractivity contribution in [1.29, 1.82) is 0 Å². The molecule has 18 heavy (non-hydrogen) atoms. The predicted octanol–water partition coefficient (Wildman–Crippen LogP) is 4.60. The van der Waals surface area contributed by atoms with E-state index >= 15 is 0 Å². The molecular formula is C13H10BrF2NS. The summed E-state index contributed by atoms with van der Waals surface area (Å²) >= 11 is 4.61. The lowest BCUT2D eigenvalue weighted by molar-refractivity contribution is 0.624. The fourth-order valence-corrected chi connectivity index (χ4v) is 2.92. The van der Waals surface area contributed by atoms with Crippen LogP contribution in [0, 0.1) is 11.6 Å². The molecule has 0 spiro atoms. The van der Waals surface area contributed by atoms with Gasteiger partial charge < -0.3 is 5.73 Å². The Morgan fingerprint density at radius 3 is 2.56 bits per heavy atom. The molecule has 94 valence electrons. The van der Waals surface area contributed by atoms with E-state index in [0.29, 0.717) is 20.8 Å². The van der Waals surface area contributed by atoms with E-state index < -0.39 is 0 Å². The van der Waals surface area contributed by atoms with E-state index in [2.05, 4.69) is 15.9 Å². The van der Waals surface area contributed by atoms with Crippen LogP contribution < -0.4 is 5.73 Å². The second-order valence-corrected chi connectivity index (χ2v) is 5.68. The maximum atomic E-state index is 13.2. The van der Waals surface area contributed by atoms with Crippen molar-refractivity contribution >= 4 is 33.4 Å². The van der Waals surface area contributed by atoms with E-state index in [0.717, 1.165) is 5.56 Å². The molecule has 0 fully saturated rings. The topological polar surface area (TPSA) is 26.0 Å². The van der Waals surface area contributed by atoms with Crippen molar-refractivity contribution in [2.24, 2.45) is 0 Å². The molecule has 5 heteroatoms. The molecule has 0 aliphatic carbocycles. The summed E-state index contributed by atoms with van der Waals surface area (Å²) in [6.45, 7) is 0. The first-order valence-corrected chi connectivity index (χ1v) is 6.95. The van der Waals surface area contributed by atoms with Crippen molar-refractivity contribution in [3.8, 4) is 0 Å². The molecule has 0 radical (unpaired) electrons. The molecule has 0 bridgehead atoms. The molecule has 0 aliphatic heterocycles. The molecule has 0 aliphatic rings. The van der Waals surface area contributed by atoms with Crippen LogP contribution in [0.1, 0.15) is 5.56 Å². The Morgan fingerprint density at radius 2 is 1.83 bits per heavy atom. The molecule has 0 saturated heterocycles. The van der Waals surface area contributed by atoms with Gasteiger partial charge in [-0.05, 0) is 42.0 Å². The Morgan fingerprint density at radius 1 is 1.06 bits per heavy atom. The van der Waals surface area contributed by atoms with E-state index in [9.17, 15) is 8.78 Å². The minimum absolute atomic E-state index is 0.299. The number of thioether (sulfide) groups is 1. The zero-order valence-corrected chi connectivity index (χ0v) is 11.7. The van der Waals surface area contributed by atoms with Gasteiger partial charge in [-0.3, -0.25) is 0 Å². The minimum Gasteiger partial charge on any atom is -0.398 e. The number of nitrogen functional groups attached to an aromatic ring is 1. The number of hydrogen-bond acceptors (Lipinski definition) is 2. The van der Waals surface area contributed by atoms with Crippen molar-refractivity contribution < 1.29 is 8.78 Å². The van der Waals surface area contributed by atoms with Crippen LogP contribution in [-0.2, 0) is 5.75 Å². The molecule has 2 aromatic rings. The van der Waals surface area contributed by atoms with Crippen molar-refractivity contribution in [2.75, 3.05) is 5.73 Å². The Bertz CT molecular complexity index is 555. The first kappa shape index (κ1) is 13.4. The van der Waals surface area contributed by atoms with Gasteiger partial charge in [0.1, 0.15) is 11.6 Å². The molecule has 0 amide bonds. The molecule has 0 saturated carbocycles. The van der Waals surface area contributed by atoms with Gasteiger partial charge in [0.05, 0.1) is 0 Å². The summed E-state index contributed by atoms with van der Waals surface area (Å²) in [5, 5.41) is 0. The van der Waals surface area contributed by atoms with Gasteiger partial charge in [0.25, 0.3) is 0 Å². The average Bonchev–Trinajstić information content (AvgIpc) is 2.29. The maximum absolute atomic E-state index is 13.2. The highest BCUT2D eigenvalue weighted by atomic mass is 79.9. The van der Waals surface area contributed by atoms with Gasteiger partial charge in [-0.2, -0.15) is 0 Å². The van der Waals surface area contributed by atoms with Gasteiger partial charge in [-0.15, -0.1) is 11.8 Å². The lowest BCUT2D eigenvalue weighted by atomic mass is 10.2. The summed E-state index contributed by atoms with van der Waals surface area (Å²) in [5.41, 5.74) is 7.08. The molecule has 2 N–H and O–H groups in total. The molecule has 1 nitrogen and oxygen atoms in total. The molecule has 0 aromatic heterocycles. The molecule has 2 aromatic carbocycles. The predicted molar refractivity (Wildman–Crippen MR) is 74.5 cm³/mol. The van der Waals surface area contributed by atoms with Crippen molar-refractivity contribution in [3.05, 3.63) is 58.1 Å². The number of rotatable bonds is 3. The smallest absolute Gasteiger partial charge is 0.124 e. The minimum atomic E-state index is -0.327. The zero-order chi connectivity index (χ0) is 13.1. The first-order chi connectivity index (χ1) is 8.54.